The minimum atomic E-state index is 0.802. The Labute approximate surface area is 95.3 Å². The summed E-state index contributed by atoms with van der Waals surface area (Å²) in [6, 6.07) is 0. The summed E-state index contributed by atoms with van der Waals surface area (Å²) in [6.07, 6.45) is 12.4. The number of rotatable bonds is 12. The second-order valence-electron chi connectivity index (χ2n) is 4.09. The van der Waals surface area contributed by atoms with E-state index in [2.05, 4.69) is 11.9 Å². The van der Waals surface area contributed by atoms with Gasteiger partial charge >= 0.3 is 0 Å². The van der Waals surface area contributed by atoms with Crippen LogP contribution >= 0.6 is 0 Å². The molecule has 0 unspecified atom stereocenters. The summed E-state index contributed by atoms with van der Waals surface area (Å²) in [5.74, 6) is 0. The molecular formula is C13H28N2. The average Bonchev–Trinajstić information content (AvgIpc) is 2.26. The summed E-state index contributed by atoms with van der Waals surface area (Å²) in [5, 5.41) is 3.40. The Kier molecular flexibility index (Phi) is 13.4. The molecule has 3 N–H and O–H groups in total. The van der Waals surface area contributed by atoms with Crippen molar-refractivity contribution in [3.8, 4) is 0 Å². The molecule has 0 aliphatic heterocycles. The molecule has 0 amide bonds. The number of hydrogen-bond donors (Lipinski definition) is 2. The van der Waals surface area contributed by atoms with E-state index < -0.39 is 0 Å². The van der Waals surface area contributed by atoms with Crippen molar-refractivity contribution in [1.29, 1.82) is 0 Å². The molecule has 0 heterocycles. The summed E-state index contributed by atoms with van der Waals surface area (Å²) < 4.78 is 0. The molecular weight excluding hydrogens is 184 g/mol. The predicted molar refractivity (Wildman–Crippen MR) is 69.1 cm³/mol. The van der Waals surface area contributed by atoms with Gasteiger partial charge < -0.3 is 11.1 Å². The van der Waals surface area contributed by atoms with E-state index in [1.165, 1.54) is 44.9 Å². The zero-order chi connectivity index (χ0) is 11.2. The molecule has 0 saturated heterocycles. The van der Waals surface area contributed by atoms with Crippen molar-refractivity contribution in [2.75, 3.05) is 19.6 Å². The number of unbranched alkanes of at least 4 members (excludes halogenated alkanes) is 6. The normalized spacial score (nSPS) is 10.5. The first kappa shape index (κ1) is 14.7. The molecule has 0 aliphatic rings. The van der Waals surface area contributed by atoms with Gasteiger partial charge in [-0.2, -0.15) is 0 Å². The molecule has 0 spiro atoms. The van der Waals surface area contributed by atoms with E-state index in [0.717, 1.165) is 26.1 Å². The van der Waals surface area contributed by atoms with Crippen LogP contribution in [-0.2, 0) is 0 Å². The van der Waals surface area contributed by atoms with Crippen molar-refractivity contribution in [2.45, 2.75) is 51.4 Å². The lowest BCUT2D eigenvalue weighted by atomic mass is 10.1. The van der Waals surface area contributed by atoms with Gasteiger partial charge in [0, 0.05) is 0 Å². The lowest BCUT2D eigenvalue weighted by Gasteiger charge is -2.03. The van der Waals surface area contributed by atoms with Crippen LogP contribution < -0.4 is 11.1 Å². The fourth-order valence-electron chi connectivity index (χ4n) is 1.60. The van der Waals surface area contributed by atoms with E-state index in [1.54, 1.807) is 0 Å². The van der Waals surface area contributed by atoms with Gasteiger partial charge in [-0.3, -0.25) is 0 Å². The van der Waals surface area contributed by atoms with E-state index in [0.29, 0.717) is 0 Å². The molecule has 0 aromatic carbocycles. The quantitative estimate of drug-likeness (QED) is 0.385. The maximum atomic E-state index is 5.40. The van der Waals surface area contributed by atoms with Crippen LogP contribution in [0.15, 0.2) is 12.7 Å². The standard InChI is InChI=1S/C13H28N2/c1-2-3-4-5-6-7-8-9-12-15-13-10-11-14/h2,15H,1,3-14H2. The molecule has 0 bridgehead atoms. The van der Waals surface area contributed by atoms with E-state index in [1.807, 2.05) is 6.08 Å². The van der Waals surface area contributed by atoms with Gasteiger partial charge in [0.25, 0.3) is 0 Å². The first-order chi connectivity index (χ1) is 7.41. The van der Waals surface area contributed by atoms with Crippen LogP contribution in [-0.4, -0.2) is 19.6 Å². The highest BCUT2D eigenvalue weighted by Gasteiger charge is 1.91. The van der Waals surface area contributed by atoms with Crippen molar-refractivity contribution >= 4 is 0 Å². The number of allylic oxidation sites excluding steroid dienone is 1. The third kappa shape index (κ3) is 13.7. The minimum Gasteiger partial charge on any atom is -0.330 e. The largest absolute Gasteiger partial charge is 0.330 e. The molecule has 90 valence electrons. The molecule has 0 aromatic heterocycles. The third-order valence-electron chi connectivity index (χ3n) is 2.57. The highest BCUT2D eigenvalue weighted by molar-refractivity contribution is 4.65. The van der Waals surface area contributed by atoms with Crippen molar-refractivity contribution in [1.82, 2.24) is 5.32 Å². The van der Waals surface area contributed by atoms with E-state index >= 15 is 0 Å². The van der Waals surface area contributed by atoms with Gasteiger partial charge in [-0.1, -0.05) is 31.8 Å². The SMILES string of the molecule is C=CCCCCCCCCNCCCN. The molecule has 0 radical (unpaired) electrons. The molecule has 0 aromatic rings. The highest BCUT2D eigenvalue weighted by Crippen LogP contribution is 2.06. The summed E-state index contributed by atoms with van der Waals surface area (Å²) in [6.45, 7) is 6.77. The molecule has 0 atom stereocenters. The second kappa shape index (κ2) is 13.7. The van der Waals surface area contributed by atoms with Crippen LogP contribution in [0.1, 0.15) is 51.4 Å². The number of nitrogens with one attached hydrogen (secondary N) is 1. The molecule has 2 nitrogen and oxygen atoms in total. The van der Waals surface area contributed by atoms with Gasteiger partial charge in [0.1, 0.15) is 0 Å². The third-order valence-corrected chi connectivity index (χ3v) is 2.57. The Balaban J connectivity index is 2.83. The molecule has 0 saturated carbocycles. The Morgan fingerprint density at radius 3 is 2.13 bits per heavy atom. The zero-order valence-electron chi connectivity index (χ0n) is 10.1. The minimum absolute atomic E-state index is 0.802. The van der Waals surface area contributed by atoms with Crippen molar-refractivity contribution in [3.63, 3.8) is 0 Å². The molecule has 0 rings (SSSR count). The van der Waals surface area contributed by atoms with Gasteiger partial charge in [0.2, 0.25) is 0 Å². The Morgan fingerprint density at radius 1 is 0.867 bits per heavy atom. The monoisotopic (exact) mass is 212 g/mol. The summed E-state index contributed by atoms with van der Waals surface area (Å²) >= 11 is 0. The molecule has 15 heavy (non-hydrogen) atoms. The van der Waals surface area contributed by atoms with Crippen molar-refractivity contribution in [3.05, 3.63) is 12.7 Å². The van der Waals surface area contributed by atoms with E-state index in [-0.39, 0.29) is 0 Å². The lowest BCUT2D eigenvalue weighted by molar-refractivity contribution is 0.562. The van der Waals surface area contributed by atoms with Crippen molar-refractivity contribution in [2.24, 2.45) is 5.73 Å². The van der Waals surface area contributed by atoms with Crippen LogP contribution in [0.5, 0.6) is 0 Å². The fraction of sp³-hybridized carbons (Fsp3) is 0.846. The molecule has 0 aliphatic carbocycles. The number of nitrogens with two attached hydrogens (primary N) is 1. The summed E-state index contributed by atoms with van der Waals surface area (Å²) in [7, 11) is 0. The van der Waals surface area contributed by atoms with Crippen LogP contribution in [0.4, 0.5) is 0 Å². The topological polar surface area (TPSA) is 38.0 Å². The van der Waals surface area contributed by atoms with Gasteiger partial charge in [-0.25, -0.2) is 0 Å². The van der Waals surface area contributed by atoms with Gasteiger partial charge in [-0.05, 0) is 45.3 Å². The maximum absolute atomic E-state index is 5.40. The van der Waals surface area contributed by atoms with Crippen LogP contribution in [0.2, 0.25) is 0 Å². The van der Waals surface area contributed by atoms with Gasteiger partial charge in [-0.15, -0.1) is 6.58 Å². The Hall–Kier alpha value is -0.340. The fourth-order valence-corrected chi connectivity index (χ4v) is 1.60. The smallest absolute Gasteiger partial charge is 0.00369 e. The number of hydrogen-bond acceptors (Lipinski definition) is 2. The maximum Gasteiger partial charge on any atom is -0.00369 e. The van der Waals surface area contributed by atoms with Gasteiger partial charge in [0.15, 0.2) is 0 Å². The summed E-state index contributed by atoms with van der Waals surface area (Å²) in [5.41, 5.74) is 5.40. The zero-order valence-corrected chi connectivity index (χ0v) is 10.1. The van der Waals surface area contributed by atoms with E-state index in [4.69, 9.17) is 5.73 Å². The van der Waals surface area contributed by atoms with E-state index in [9.17, 15) is 0 Å². The first-order valence-electron chi connectivity index (χ1n) is 6.43. The second-order valence-corrected chi connectivity index (χ2v) is 4.09. The highest BCUT2D eigenvalue weighted by atomic mass is 14.8. The first-order valence-corrected chi connectivity index (χ1v) is 6.43. The van der Waals surface area contributed by atoms with Crippen LogP contribution in [0.25, 0.3) is 0 Å². The Bertz CT molecular complexity index is 124. The molecule has 0 fully saturated rings. The van der Waals surface area contributed by atoms with Crippen molar-refractivity contribution < 1.29 is 0 Å². The lowest BCUT2D eigenvalue weighted by Crippen LogP contribution is -2.19. The Morgan fingerprint density at radius 2 is 1.47 bits per heavy atom. The van der Waals surface area contributed by atoms with Gasteiger partial charge in [0.05, 0.1) is 0 Å². The predicted octanol–water partition coefficient (Wildman–Crippen LogP) is 2.84. The average molecular weight is 212 g/mol. The van der Waals surface area contributed by atoms with Crippen LogP contribution in [0.3, 0.4) is 0 Å². The summed E-state index contributed by atoms with van der Waals surface area (Å²) in [4.78, 5) is 0. The molecule has 2 heteroatoms. The van der Waals surface area contributed by atoms with Crippen LogP contribution in [0, 0.1) is 0 Å².